The van der Waals surface area contributed by atoms with Crippen LogP contribution in [0, 0.1) is 13.8 Å². The third kappa shape index (κ3) is 4.12. The summed E-state index contributed by atoms with van der Waals surface area (Å²) in [5.74, 6) is 3.13. The maximum absolute atomic E-state index is 10.1. The highest BCUT2D eigenvalue weighted by atomic mass is 16.3. The van der Waals surface area contributed by atoms with Gasteiger partial charge in [0.25, 0.3) is 0 Å². The number of piperazine rings is 1. The van der Waals surface area contributed by atoms with Crippen LogP contribution in [0.3, 0.4) is 0 Å². The summed E-state index contributed by atoms with van der Waals surface area (Å²) in [7, 11) is 0. The van der Waals surface area contributed by atoms with E-state index in [4.69, 9.17) is 9.41 Å². The first-order valence-corrected chi connectivity index (χ1v) is 9.20. The lowest BCUT2D eigenvalue weighted by atomic mass is 10.2. The molecule has 0 amide bonds. The molecule has 0 unspecified atom stereocenters. The number of nitrogens with zero attached hydrogens (tertiary/aromatic N) is 3. The fourth-order valence-corrected chi connectivity index (χ4v) is 3.32. The van der Waals surface area contributed by atoms with Crippen LogP contribution >= 0.6 is 0 Å². The summed E-state index contributed by atoms with van der Waals surface area (Å²) in [4.78, 5) is 9.30. The minimum atomic E-state index is 0.340. The van der Waals surface area contributed by atoms with E-state index in [0.29, 0.717) is 12.3 Å². The number of aromatic hydroxyl groups is 1. The maximum atomic E-state index is 10.1. The van der Waals surface area contributed by atoms with Gasteiger partial charge in [0.05, 0.1) is 12.2 Å². The fourth-order valence-electron chi connectivity index (χ4n) is 3.32. The maximum Gasteiger partial charge on any atom is 0.194 e. The van der Waals surface area contributed by atoms with Crippen LogP contribution in [0.4, 0.5) is 5.69 Å². The molecule has 0 atom stereocenters. The quantitative estimate of drug-likeness (QED) is 0.651. The van der Waals surface area contributed by atoms with E-state index in [1.54, 1.807) is 6.07 Å². The summed E-state index contributed by atoms with van der Waals surface area (Å²) in [6.07, 6.45) is 0. The number of benzene rings is 1. The number of aryl methyl sites for hydroxylation is 2. The molecule has 1 saturated heterocycles. The van der Waals surface area contributed by atoms with Gasteiger partial charge in [-0.2, -0.15) is 0 Å². The van der Waals surface area contributed by atoms with E-state index in [1.807, 2.05) is 32.0 Å². The van der Waals surface area contributed by atoms with Crippen molar-refractivity contribution in [2.24, 2.45) is 4.99 Å². The van der Waals surface area contributed by atoms with Crippen molar-refractivity contribution < 1.29 is 9.52 Å². The first-order chi connectivity index (χ1) is 12.6. The average molecular weight is 356 g/mol. The van der Waals surface area contributed by atoms with Crippen molar-refractivity contribution in [3.63, 3.8) is 0 Å². The number of nitrogens with one attached hydrogen (secondary N) is 1. The van der Waals surface area contributed by atoms with Crippen LogP contribution in [-0.4, -0.2) is 48.7 Å². The van der Waals surface area contributed by atoms with Gasteiger partial charge in [0, 0.05) is 38.3 Å². The minimum absolute atomic E-state index is 0.340. The number of aliphatic imine (C=N–C) groups is 1. The molecule has 6 heteroatoms. The van der Waals surface area contributed by atoms with E-state index < -0.39 is 0 Å². The summed E-state index contributed by atoms with van der Waals surface area (Å²) >= 11 is 0. The summed E-state index contributed by atoms with van der Waals surface area (Å²) in [6, 6.07) is 9.57. The van der Waals surface area contributed by atoms with Gasteiger partial charge in [-0.25, -0.2) is 4.99 Å². The summed E-state index contributed by atoms with van der Waals surface area (Å²) < 4.78 is 5.59. The zero-order valence-corrected chi connectivity index (χ0v) is 15.8. The van der Waals surface area contributed by atoms with Crippen LogP contribution < -0.4 is 10.2 Å². The second-order valence-corrected chi connectivity index (χ2v) is 6.57. The van der Waals surface area contributed by atoms with Crippen molar-refractivity contribution in [2.45, 2.75) is 27.3 Å². The third-order valence-electron chi connectivity index (χ3n) is 4.68. The Hall–Kier alpha value is -2.63. The Bertz CT molecular complexity index is 761. The molecule has 0 radical (unpaired) electrons. The lowest BCUT2D eigenvalue weighted by molar-refractivity contribution is 0.369. The van der Waals surface area contributed by atoms with Crippen molar-refractivity contribution >= 4 is 11.6 Å². The molecule has 1 aromatic heterocycles. The van der Waals surface area contributed by atoms with Crippen LogP contribution in [0.1, 0.15) is 24.0 Å². The molecule has 2 aromatic rings. The molecule has 1 fully saturated rings. The molecule has 1 aliphatic heterocycles. The van der Waals surface area contributed by atoms with Gasteiger partial charge in [-0.3, -0.25) is 0 Å². The first-order valence-electron chi connectivity index (χ1n) is 9.20. The van der Waals surface area contributed by atoms with Crippen LogP contribution in [0.15, 0.2) is 39.7 Å². The van der Waals surface area contributed by atoms with Crippen molar-refractivity contribution in [3.05, 3.63) is 47.4 Å². The van der Waals surface area contributed by atoms with Gasteiger partial charge in [0.2, 0.25) is 0 Å². The van der Waals surface area contributed by atoms with Crippen molar-refractivity contribution in [1.29, 1.82) is 0 Å². The molecular formula is C20H28N4O2. The van der Waals surface area contributed by atoms with E-state index in [2.05, 4.69) is 28.1 Å². The molecule has 0 bridgehead atoms. The van der Waals surface area contributed by atoms with Crippen LogP contribution in [-0.2, 0) is 6.54 Å². The Morgan fingerprint density at radius 3 is 2.54 bits per heavy atom. The van der Waals surface area contributed by atoms with Crippen LogP contribution in [0.2, 0.25) is 0 Å². The number of hydrogen-bond donors (Lipinski definition) is 2. The molecule has 2 heterocycles. The van der Waals surface area contributed by atoms with Gasteiger partial charge >= 0.3 is 0 Å². The predicted molar refractivity (Wildman–Crippen MR) is 105 cm³/mol. The second-order valence-electron chi connectivity index (χ2n) is 6.57. The standard InChI is InChI=1S/C20H28N4O2/c1-4-21-20(22-14-17-13-15(2)26-16(17)3)24-11-9-23(10-12-24)18-7-5-6-8-19(18)25/h5-8,13,25H,4,9-12,14H2,1-3H3,(H,21,22). The minimum Gasteiger partial charge on any atom is -0.506 e. The Labute approximate surface area is 155 Å². The fraction of sp³-hybridized carbons (Fsp3) is 0.450. The third-order valence-corrected chi connectivity index (χ3v) is 4.68. The Balaban J connectivity index is 1.65. The molecule has 0 spiro atoms. The van der Waals surface area contributed by atoms with Crippen molar-refractivity contribution in [2.75, 3.05) is 37.6 Å². The van der Waals surface area contributed by atoms with Crippen molar-refractivity contribution in [1.82, 2.24) is 10.2 Å². The van der Waals surface area contributed by atoms with Crippen LogP contribution in [0.25, 0.3) is 0 Å². The number of furan rings is 1. The smallest absolute Gasteiger partial charge is 0.194 e. The molecule has 140 valence electrons. The van der Waals surface area contributed by atoms with Gasteiger partial charge < -0.3 is 24.6 Å². The van der Waals surface area contributed by atoms with E-state index in [1.165, 1.54) is 0 Å². The van der Waals surface area contributed by atoms with E-state index in [-0.39, 0.29) is 0 Å². The lowest BCUT2D eigenvalue weighted by Crippen LogP contribution is -2.52. The Morgan fingerprint density at radius 2 is 1.92 bits per heavy atom. The number of para-hydroxylation sites is 2. The number of phenolic OH excluding ortho intramolecular Hbond substituents is 1. The molecule has 1 aromatic carbocycles. The van der Waals surface area contributed by atoms with E-state index in [0.717, 1.165) is 61.5 Å². The monoisotopic (exact) mass is 356 g/mol. The average Bonchev–Trinajstić information content (AvgIpc) is 2.96. The molecular weight excluding hydrogens is 328 g/mol. The van der Waals surface area contributed by atoms with Gasteiger partial charge in [-0.1, -0.05) is 12.1 Å². The highest BCUT2D eigenvalue weighted by molar-refractivity contribution is 5.80. The number of anilines is 1. The molecule has 26 heavy (non-hydrogen) atoms. The van der Waals surface area contributed by atoms with Crippen molar-refractivity contribution in [3.8, 4) is 5.75 Å². The summed E-state index contributed by atoms with van der Waals surface area (Å²) in [6.45, 7) is 10.9. The van der Waals surface area contributed by atoms with Gasteiger partial charge in [0.15, 0.2) is 5.96 Å². The highest BCUT2D eigenvalue weighted by Gasteiger charge is 2.21. The molecule has 6 nitrogen and oxygen atoms in total. The Morgan fingerprint density at radius 1 is 1.19 bits per heavy atom. The number of guanidine groups is 1. The SMILES string of the molecule is CCNC(=NCc1cc(C)oc1C)N1CCN(c2ccccc2O)CC1. The lowest BCUT2D eigenvalue weighted by Gasteiger charge is -2.37. The largest absolute Gasteiger partial charge is 0.506 e. The molecule has 1 aliphatic rings. The zero-order valence-electron chi connectivity index (χ0n) is 15.8. The normalized spacial score (nSPS) is 15.4. The summed E-state index contributed by atoms with van der Waals surface area (Å²) in [5.41, 5.74) is 2.03. The van der Waals surface area contributed by atoms with E-state index >= 15 is 0 Å². The number of rotatable bonds is 4. The summed E-state index contributed by atoms with van der Waals surface area (Å²) in [5, 5.41) is 13.5. The van der Waals surface area contributed by atoms with Crippen LogP contribution in [0.5, 0.6) is 5.75 Å². The number of hydrogen-bond acceptors (Lipinski definition) is 4. The molecule has 0 saturated carbocycles. The topological polar surface area (TPSA) is 64.2 Å². The predicted octanol–water partition coefficient (Wildman–Crippen LogP) is 2.89. The number of phenols is 1. The zero-order chi connectivity index (χ0) is 18.5. The molecule has 2 N–H and O–H groups in total. The van der Waals surface area contributed by atoms with Gasteiger partial charge in [0.1, 0.15) is 17.3 Å². The van der Waals surface area contributed by atoms with Gasteiger partial charge in [-0.05, 0) is 39.0 Å². The van der Waals surface area contributed by atoms with E-state index in [9.17, 15) is 5.11 Å². The second kappa shape index (κ2) is 8.17. The first kappa shape index (κ1) is 18.2. The Kier molecular flexibility index (Phi) is 5.71. The van der Waals surface area contributed by atoms with Gasteiger partial charge in [-0.15, -0.1) is 0 Å². The molecule has 3 rings (SSSR count). The molecule has 0 aliphatic carbocycles. The highest BCUT2D eigenvalue weighted by Crippen LogP contribution is 2.27.